The lowest BCUT2D eigenvalue weighted by atomic mass is 9.94. The van der Waals surface area contributed by atoms with E-state index in [1.807, 2.05) is 0 Å². The topological polar surface area (TPSA) is 15.3 Å². The van der Waals surface area contributed by atoms with E-state index < -0.39 is 0 Å². The maximum atomic E-state index is 3.43. The monoisotopic (exact) mass is 268 g/mol. The van der Waals surface area contributed by atoms with Crippen LogP contribution in [0.5, 0.6) is 0 Å². The second kappa shape index (κ2) is 8.52. The first-order valence-corrected chi connectivity index (χ1v) is 6.78. The number of nitrogens with zero attached hydrogens (tertiary/aromatic N) is 1. The third kappa shape index (κ3) is 5.38. The molecule has 1 aromatic carbocycles. The zero-order chi connectivity index (χ0) is 11.9. The van der Waals surface area contributed by atoms with Gasteiger partial charge in [0.05, 0.1) is 0 Å². The first kappa shape index (κ1) is 15.5. The summed E-state index contributed by atoms with van der Waals surface area (Å²) >= 11 is 0. The molecule has 1 saturated heterocycles. The van der Waals surface area contributed by atoms with Gasteiger partial charge in [-0.25, -0.2) is 0 Å². The van der Waals surface area contributed by atoms with E-state index in [9.17, 15) is 0 Å². The summed E-state index contributed by atoms with van der Waals surface area (Å²) in [5.41, 5.74) is 1.42. The maximum absolute atomic E-state index is 3.43. The fourth-order valence-corrected chi connectivity index (χ4v) is 2.55. The lowest BCUT2D eigenvalue weighted by molar-refractivity contribution is 0.266. The lowest BCUT2D eigenvalue weighted by Crippen LogP contribution is -2.30. The minimum absolute atomic E-state index is 0. The van der Waals surface area contributed by atoms with Crippen LogP contribution in [0.25, 0.3) is 0 Å². The Labute approximate surface area is 117 Å². The molecule has 0 radical (unpaired) electrons. The van der Waals surface area contributed by atoms with Gasteiger partial charge in [0.15, 0.2) is 0 Å². The molecule has 18 heavy (non-hydrogen) atoms. The van der Waals surface area contributed by atoms with Gasteiger partial charge in [-0.1, -0.05) is 30.3 Å². The largest absolute Gasteiger partial charge is 0.317 e. The molecule has 1 aliphatic rings. The summed E-state index contributed by atoms with van der Waals surface area (Å²) in [7, 11) is 2.23. The predicted molar refractivity (Wildman–Crippen MR) is 80.2 cm³/mol. The Hall–Kier alpha value is -0.570. The summed E-state index contributed by atoms with van der Waals surface area (Å²) in [4.78, 5) is 2.44. The molecule has 1 aliphatic heterocycles. The Morgan fingerprint density at radius 2 is 1.83 bits per heavy atom. The number of hydrogen-bond acceptors (Lipinski definition) is 2. The molecule has 1 aromatic rings. The summed E-state index contributed by atoms with van der Waals surface area (Å²) in [5, 5.41) is 3.43. The van der Waals surface area contributed by atoms with Crippen molar-refractivity contribution in [3.05, 3.63) is 35.9 Å². The van der Waals surface area contributed by atoms with Gasteiger partial charge >= 0.3 is 0 Å². The minimum Gasteiger partial charge on any atom is -0.317 e. The van der Waals surface area contributed by atoms with Gasteiger partial charge in [0.1, 0.15) is 0 Å². The fraction of sp³-hybridized carbons (Fsp3) is 0.600. The zero-order valence-corrected chi connectivity index (χ0v) is 12.1. The second-order valence-corrected chi connectivity index (χ2v) is 5.21. The third-order valence-electron chi connectivity index (χ3n) is 3.67. The Kier molecular flexibility index (Phi) is 7.33. The third-order valence-corrected chi connectivity index (χ3v) is 3.67. The molecule has 2 rings (SSSR count). The first-order valence-electron chi connectivity index (χ1n) is 6.78. The van der Waals surface area contributed by atoms with Crippen molar-refractivity contribution in [2.45, 2.75) is 25.8 Å². The highest BCUT2D eigenvalue weighted by Crippen LogP contribution is 2.16. The van der Waals surface area contributed by atoms with Crippen molar-refractivity contribution in [2.24, 2.45) is 5.92 Å². The Morgan fingerprint density at radius 3 is 2.50 bits per heavy atom. The van der Waals surface area contributed by atoms with Gasteiger partial charge in [-0.2, -0.15) is 0 Å². The Bertz CT molecular complexity index is 310. The van der Waals surface area contributed by atoms with E-state index in [-0.39, 0.29) is 12.4 Å². The van der Waals surface area contributed by atoms with Crippen molar-refractivity contribution < 1.29 is 0 Å². The molecule has 0 unspecified atom stereocenters. The summed E-state index contributed by atoms with van der Waals surface area (Å²) in [6.07, 6.45) is 4.07. The quantitative estimate of drug-likeness (QED) is 0.883. The standard InChI is InChI=1S/C15H24N2.ClH/c1-17(13-15-5-3-2-4-6-15)12-9-14-7-10-16-11-8-14;/h2-6,14,16H,7-13H2,1H3;1H. The SMILES string of the molecule is CN(CCC1CCNCC1)Cc1ccccc1.Cl. The van der Waals surface area contributed by atoms with Gasteiger partial charge in [0.25, 0.3) is 0 Å². The van der Waals surface area contributed by atoms with E-state index in [2.05, 4.69) is 47.6 Å². The van der Waals surface area contributed by atoms with Gasteiger partial charge in [0, 0.05) is 6.54 Å². The molecule has 0 bridgehead atoms. The van der Waals surface area contributed by atoms with E-state index in [0.29, 0.717) is 0 Å². The van der Waals surface area contributed by atoms with Gasteiger partial charge in [-0.05, 0) is 57.4 Å². The van der Waals surface area contributed by atoms with Crippen LogP contribution >= 0.6 is 12.4 Å². The molecule has 1 heterocycles. The van der Waals surface area contributed by atoms with Crippen molar-refractivity contribution in [1.82, 2.24) is 10.2 Å². The van der Waals surface area contributed by atoms with Crippen LogP contribution in [0.4, 0.5) is 0 Å². The highest BCUT2D eigenvalue weighted by molar-refractivity contribution is 5.85. The number of rotatable bonds is 5. The summed E-state index contributed by atoms with van der Waals surface area (Å²) in [5.74, 6) is 0.939. The van der Waals surface area contributed by atoms with Gasteiger partial charge in [0.2, 0.25) is 0 Å². The van der Waals surface area contributed by atoms with E-state index >= 15 is 0 Å². The van der Waals surface area contributed by atoms with E-state index in [0.717, 1.165) is 12.5 Å². The maximum Gasteiger partial charge on any atom is 0.0230 e. The van der Waals surface area contributed by atoms with E-state index in [1.165, 1.54) is 44.5 Å². The number of hydrogen-bond donors (Lipinski definition) is 1. The van der Waals surface area contributed by atoms with E-state index in [1.54, 1.807) is 0 Å². The molecule has 0 aromatic heterocycles. The van der Waals surface area contributed by atoms with E-state index in [4.69, 9.17) is 0 Å². The van der Waals surface area contributed by atoms with Crippen molar-refractivity contribution in [2.75, 3.05) is 26.7 Å². The van der Waals surface area contributed by atoms with Gasteiger partial charge < -0.3 is 10.2 Å². The van der Waals surface area contributed by atoms with Crippen molar-refractivity contribution in [1.29, 1.82) is 0 Å². The molecule has 0 saturated carbocycles. The smallest absolute Gasteiger partial charge is 0.0230 e. The Balaban J connectivity index is 0.00000162. The molecule has 1 fully saturated rings. The van der Waals surface area contributed by atoms with Crippen molar-refractivity contribution in [3.8, 4) is 0 Å². The van der Waals surface area contributed by atoms with Crippen LogP contribution < -0.4 is 5.32 Å². The Morgan fingerprint density at radius 1 is 1.17 bits per heavy atom. The highest BCUT2D eigenvalue weighted by Gasteiger charge is 2.13. The molecular weight excluding hydrogens is 244 g/mol. The number of nitrogens with one attached hydrogen (secondary N) is 1. The average Bonchev–Trinajstić information content (AvgIpc) is 2.39. The van der Waals surface area contributed by atoms with Crippen LogP contribution in [-0.2, 0) is 6.54 Å². The van der Waals surface area contributed by atoms with Crippen LogP contribution in [-0.4, -0.2) is 31.6 Å². The summed E-state index contributed by atoms with van der Waals surface area (Å²) < 4.78 is 0. The second-order valence-electron chi connectivity index (χ2n) is 5.21. The van der Waals surface area contributed by atoms with Crippen LogP contribution in [0.2, 0.25) is 0 Å². The van der Waals surface area contributed by atoms with Crippen LogP contribution in [0.15, 0.2) is 30.3 Å². The first-order chi connectivity index (χ1) is 8.34. The fourth-order valence-electron chi connectivity index (χ4n) is 2.55. The number of piperidine rings is 1. The molecule has 0 spiro atoms. The summed E-state index contributed by atoms with van der Waals surface area (Å²) in [6.45, 7) is 4.73. The molecule has 1 N–H and O–H groups in total. The van der Waals surface area contributed by atoms with Gasteiger partial charge in [-0.3, -0.25) is 0 Å². The zero-order valence-electron chi connectivity index (χ0n) is 11.3. The van der Waals surface area contributed by atoms with Gasteiger partial charge in [-0.15, -0.1) is 12.4 Å². The molecule has 0 amide bonds. The van der Waals surface area contributed by atoms with Crippen LogP contribution in [0, 0.1) is 5.92 Å². The number of halogens is 1. The lowest BCUT2D eigenvalue weighted by Gasteiger charge is -2.25. The van der Waals surface area contributed by atoms with Crippen LogP contribution in [0.3, 0.4) is 0 Å². The highest BCUT2D eigenvalue weighted by atomic mass is 35.5. The predicted octanol–water partition coefficient (Wildman–Crippen LogP) is 2.93. The average molecular weight is 269 g/mol. The van der Waals surface area contributed by atoms with Crippen molar-refractivity contribution in [3.63, 3.8) is 0 Å². The molecule has 2 nitrogen and oxygen atoms in total. The minimum atomic E-state index is 0. The normalized spacial score (nSPS) is 16.6. The molecule has 0 aliphatic carbocycles. The molecule has 102 valence electrons. The molecule has 3 heteroatoms. The summed E-state index contributed by atoms with van der Waals surface area (Å²) in [6, 6.07) is 10.7. The molecule has 0 atom stereocenters. The molecular formula is C15H25ClN2. The van der Waals surface area contributed by atoms with Crippen molar-refractivity contribution >= 4 is 12.4 Å². The number of benzene rings is 1. The van der Waals surface area contributed by atoms with Crippen LogP contribution in [0.1, 0.15) is 24.8 Å².